The van der Waals surface area contributed by atoms with Gasteiger partial charge in [-0.15, -0.1) is 0 Å². The van der Waals surface area contributed by atoms with Crippen molar-refractivity contribution in [2.75, 3.05) is 7.11 Å². The maximum atomic E-state index is 13.0. The summed E-state index contributed by atoms with van der Waals surface area (Å²) in [5.41, 5.74) is 0.395. The van der Waals surface area contributed by atoms with Crippen LogP contribution in [0.3, 0.4) is 0 Å². The van der Waals surface area contributed by atoms with Crippen molar-refractivity contribution in [2.24, 2.45) is 0 Å². The fraction of sp³-hybridized carbons (Fsp3) is 0.381. The molecule has 0 radical (unpaired) electrons. The van der Waals surface area contributed by atoms with E-state index in [0.29, 0.717) is 11.1 Å². The third-order valence-electron chi connectivity index (χ3n) is 4.55. The van der Waals surface area contributed by atoms with Crippen LogP contribution in [0.5, 0.6) is 5.75 Å². The Balaban J connectivity index is 2.05. The topological polar surface area (TPSA) is 160 Å². The summed E-state index contributed by atoms with van der Waals surface area (Å²) in [5, 5.41) is 24.8. The monoisotopic (exact) mass is 495 g/mol. The van der Waals surface area contributed by atoms with Gasteiger partial charge in [0.05, 0.1) is 28.2 Å². The fourth-order valence-corrected chi connectivity index (χ4v) is 4.58. The Bertz CT molecular complexity index is 1090. The number of ether oxygens (including phenoxy) is 2. The van der Waals surface area contributed by atoms with Crippen molar-refractivity contribution in [1.82, 2.24) is 5.09 Å². The second kappa shape index (κ2) is 11.7. The predicted molar refractivity (Wildman–Crippen MR) is 123 cm³/mol. The Labute approximate surface area is 196 Å². The van der Waals surface area contributed by atoms with Crippen LogP contribution in [0.15, 0.2) is 42.5 Å². The van der Waals surface area contributed by atoms with Gasteiger partial charge in [-0.1, -0.05) is 24.3 Å². The molecule has 0 aromatic heterocycles. The van der Waals surface area contributed by atoms with Gasteiger partial charge in [0.2, 0.25) is 0 Å². The molecule has 2 aromatic rings. The first kappa shape index (κ1) is 26.9. The van der Waals surface area contributed by atoms with E-state index in [2.05, 4.69) is 5.09 Å². The van der Waals surface area contributed by atoms with Gasteiger partial charge in [-0.3, -0.25) is 29.6 Å². The maximum absolute atomic E-state index is 13.0. The molecule has 2 rings (SSSR count). The second-order valence-corrected chi connectivity index (χ2v) is 9.91. The minimum absolute atomic E-state index is 0.0117. The number of esters is 1. The summed E-state index contributed by atoms with van der Waals surface area (Å²) in [5.74, 6) is -0.643. The zero-order valence-electron chi connectivity index (χ0n) is 19.1. The molecule has 12 nitrogen and oxygen atoms in total. The van der Waals surface area contributed by atoms with Gasteiger partial charge in [-0.05, 0) is 38.0 Å². The van der Waals surface area contributed by atoms with E-state index < -0.39 is 40.8 Å². The summed E-state index contributed by atoms with van der Waals surface area (Å²) in [4.78, 5) is 32.6. The lowest BCUT2D eigenvalue weighted by atomic mass is 10.2. The number of non-ortho nitro benzene ring substituents is 1. The van der Waals surface area contributed by atoms with Crippen LogP contribution in [0.2, 0.25) is 0 Å². The first-order valence-corrected chi connectivity index (χ1v) is 12.0. The zero-order chi connectivity index (χ0) is 25.5. The second-order valence-electron chi connectivity index (χ2n) is 7.62. The van der Waals surface area contributed by atoms with Gasteiger partial charge in [0.1, 0.15) is 12.6 Å². The van der Waals surface area contributed by atoms with Gasteiger partial charge >= 0.3 is 11.7 Å². The molecule has 184 valence electrons. The van der Waals surface area contributed by atoms with Gasteiger partial charge in [0.15, 0.2) is 5.75 Å². The van der Waals surface area contributed by atoms with E-state index in [0.717, 1.165) is 12.1 Å². The van der Waals surface area contributed by atoms with Crippen molar-refractivity contribution in [1.29, 1.82) is 0 Å². The molecular weight excluding hydrogens is 469 g/mol. The molecule has 2 atom stereocenters. The predicted octanol–water partition coefficient (Wildman–Crippen LogP) is 4.35. The average Bonchev–Trinajstić information content (AvgIpc) is 2.77. The Hall–Kier alpha value is -3.34. The van der Waals surface area contributed by atoms with Crippen LogP contribution >= 0.6 is 7.52 Å². The Kier molecular flexibility index (Phi) is 9.25. The summed E-state index contributed by atoms with van der Waals surface area (Å²) >= 11 is 0. The van der Waals surface area contributed by atoms with Crippen molar-refractivity contribution >= 4 is 24.9 Å². The van der Waals surface area contributed by atoms with E-state index in [9.17, 15) is 29.6 Å². The summed E-state index contributed by atoms with van der Waals surface area (Å²) in [6.07, 6.45) is -0.293. The molecule has 1 N–H and O–H groups in total. The standard InChI is InChI=1S/C21H26N3O9P/c1-14(2)33-21(25)15(3)22-34(30,31-4)13-17-7-5-16(6-8-17)12-32-20-10-9-18(23(26)27)11-19(20)24(28)29/h5-11,14-15H,12-13H2,1-4H3,(H,22,30)/t15-,34?/m0/s1. The number of benzene rings is 2. The van der Waals surface area contributed by atoms with Crippen molar-refractivity contribution < 1.29 is 33.2 Å². The lowest BCUT2D eigenvalue weighted by Crippen LogP contribution is -2.35. The van der Waals surface area contributed by atoms with Gasteiger partial charge in [-0.25, -0.2) is 5.09 Å². The molecule has 0 bridgehead atoms. The molecule has 13 heteroatoms. The van der Waals surface area contributed by atoms with Crippen LogP contribution in [-0.2, 0) is 31.4 Å². The third-order valence-corrected chi connectivity index (χ3v) is 6.70. The lowest BCUT2D eigenvalue weighted by molar-refractivity contribution is -0.394. The van der Waals surface area contributed by atoms with Crippen LogP contribution in [0, 0.1) is 20.2 Å². The number of carbonyl (C=O) groups is 1. The van der Waals surface area contributed by atoms with E-state index >= 15 is 0 Å². The normalized spacial score (nSPS) is 13.7. The molecule has 1 unspecified atom stereocenters. The van der Waals surface area contributed by atoms with Crippen LogP contribution in [0.1, 0.15) is 31.9 Å². The molecule has 0 heterocycles. The SMILES string of the molecule is COP(=O)(Cc1ccc(COc2ccc([N+](=O)[O-])cc2[N+](=O)[O-])cc1)N[C@@H](C)C(=O)OC(C)C. The van der Waals surface area contributed by atoms with Gasteiger partial charge in [0, 0.05) is 13.2 Å². The molecule has 2 aromatic carbocycles. The zero-order valence-corrected chi connectivity index (χ0v) is 20.0. The Morgan fingerprint density at radius 2 is 1.65 bits per heavy atom. The maximum Gasteiger partial charge on any atom is 0.323 e. The highest BCUT2D eigenvalue weighted by Crippen LogP contribution is 2.45. The van der Waals surface area contributed by atoms with E-state index in [4.69, 9.17) is 14.0 Å². The number of carbonyl (C=O) groups excluding carboxylic acids is 1. The smallest absolute Gasteiger partial charge is 0.323 e. The number of nitro groups is 2. The highest BCUT2D eigenvalue weighted by molar-refractivity contribution is 7.56. The molecule has 0 aliphatic heterocycles. The van der Waals surface area contributed by atoms with Crippen molar-refractivity contribution in [3.63, 3.8) is 0 Å². The summed E-state index contributed by atoms with van der Waals surface area (Å²) in [6.45, 7) is 4.93. The fourth-order valence-electron chi connectivity index (χ4n) is 2.87. The minimum Gasteiger partial charge on any atom is -0.482 e. The first-order valence-electron chi connectivity index (χ1n) is 10.2. The highest BCUT2D eigenvalue weighted by atomic mass is 31.2. The van der Waals surface area contributed by atoms with Crippen LogP contribution in [0.4, 0.5) is 11.4 Å². The van der Waals surface area contributed by atoms with E-state index in [1.54, 1.807) is 38.1 Å². The van der Waals surface area contributed by atoms with Crippen molar-refractivity contribution in [2.45, 2.75) is 45.7 Å². The lowest BCUT2D eigenvalue weighted by Gasteiger charge is -2.22. The number of nitrogens with one attached hydrogen (secondary N) is 1. The molecule has 0 saturated carbocycles. The van der Waals surface area contributed by atoms with Gasteiger partial charge < -0.3 is 14.0 Å². The quantitative estimate of drug-likeness (QED) is 0.194. The minimum atomic E-state index is -3.40. The average molecular weight is 495 g/mol. The molecule has 0 fully saturated rings. The number of hydrogen-bond donors (Lipinski definition) is 1. The van der Waals surface area contributed by atoms with E-state index in [1.807, 2.05) is 0 Å². The summed E-state index contributed by atoms with van der Waals surface area (Å²) in [6, 6.07) is 9.05. The van der Waals surface area contributed by atoms with Crippen molar-refractivity contribution in [3.8, 4) is 5.75 Å². The van der Waals surface area contributed by atoms with Crippen LogP contribution < -0.4 is 9.82 Å². The number of hydrogen-bond acceptors (Lipinski definition) is 9. The summed E-state index contributed by atoms with van der Waals surface area (Å²) < 4.78 is 28.8. The highest BCUT2D eigenvalue weighted by Gasteiger charge is 2.28. The van der Waals surface area contributed by atoms with Gasteiger partial charge in [0.25, 0.3) is 13.2 Å². The van der Waals surface area contributed by atoms with Crippen molar-refractivity contribution in [3.05, 3.63) is 73.8 Å². The van der Waals surface area contributed by atoms with E-state index in [-0.39, 0.29) is 24.6 Å². The molecule has 0 spiro atoms. The first-order chi connectivity index (χ1) is 15.9. The Morgan fingerprint density at radius 3 is 2.18 bits per heavy atom. The molecule has 0 aliphatic rings. The van der Waals surface area contributed by atoms with Crippen LogP contribution in [0.25, 0.3) is 0 Å². The molecule has 0 aliphatic carbocycles. The molecule has 0 amide bonds. The number of nitro benzene ring substituents is 2. The summed E-state index contributed by atoms with van der Waals surface area (Å²) in [7, 11) is -2.11. The van der Waals surface area contributed by atoms with Gasteiger partial charge in [-0.2, -0.15) is 0 Å². The molecular formula is C21H26N3O9P. The van der Waals surface area contributed by atoms with Crippen LogP contribution in [-0.4, -0.2) is 35.1 Å². The number of rotatable bonds is 12. The number of nitrogens with zero attached hydrogens (tertiary/aromatic N) is 2. The largest absolute Gasteiger partial charge is 0.482 e. The Morgan fingerprint density at radius 1 is 1.03 bits per heavy atom. The molecule has 34 heavy (non-hydrogen) atoms. The van der Waals surface area contributed by atoms with E-state index in [1.165, 1.54) is 20.1 Å². The molecule has 0 saturated heterocycles. The third kappa shape index (κ3) is 7.62.